The molecule has 0 aromatic carbocycles. The Hall–Kier alpha value is -0.570. The fourth-order valence-corrected chi connectivity index (χ4v) is 2.42. The minimum Gasteiger partial charge on any atom is -0.346 e. The summed E-state index contributed by atoms with van der Waals surface area (Å²) in [6, 6.07) is 0. The van der Waals surface area contributed by atoms with Crippen molar-refractivity contribution in [3.05, 3.63) is 0 Å². The third-order valence-electron chi connectivity index (χ3n) is 3.62. The summed E-state index contributed by atoms with van der Waals surface area (Å²) in [6.45, 7) is 1.54. The zero-order valence-electron chi connectivity index (χ0n) is 10.6. The summed E-state index contributed by atoms with van der Waals surface area (Å²) in [5.41, 5.74) is 5.40. The Morgan fingerprint density at radius 2 is 2.00 bits per heavy atom. The van der Waals surface area contributed by atoms with E-state index in [1.54, 1.807) is 0 Å². The molecule has 1 fully saturated rings. The molecule has 0 heterocycles. The zero-order valence-corrected chi connectivity index (χ0v) is 10.6. The molecule has 1 amide bonds. The van der Waals surface area contributed by atoms with E-state index in [0.29, 0.717) is 13.0 Å². The molecular weight excluding hydrogens is 200 g/mol. The summed E-state index contributed by atoms with van der Waals surface area (Å²) in [5, 5.41) is 0. The van der Waals surface area contributed by atoms with Gasteiger partial charge in [0.15, 0.2) is 0 Å². The van der Waals surface area contributed by atoms with Gasteiger partial charge in [0.05, 0.1) is 0 Å². The maximum atomic E-state index is 11.6. The molecule has 1 aliphatic carbocycles. The maximum Gasteiger partial charge on any atom is 0.222 e. The summed E-state index contributed by atoms with van der Waals surface area (Å²) in [7, 11) is 1.92. The summed E-state index contributed by atoms with van der Waals surface area (Å²) in [6.07, 6.45) is 9.51. The fourth-order valence-electron chi connectivity index (χ4n) is 2.42. The third-order valence-corrected chi connectivity index (χ3v) is 3.62. The Kier molecular flexibility index (Phi) is 6.46. The summed E-state index contributed by atoms with van der Waals surface area (Å²) in [5.74, 6) is 1.11. The van der Waals surface area contributed by atoms with Gasteiger partial charge in [-0.2, -0.15) is 0 Å². The molecule has 0 aromatic heterocycles. The molecule has 0 bridgehead atoms. The van der Waals surface area contributed by atoms with E-state index in [9.17, 15) is 4.79 Å². The van der Waals surface area contributed by atoms with Crippen molar-refractivity contribution in [2.45, 2.75) is 51.4 Å². The zero-order chi connectivity index (χ0) is 11.8. The molecule has 0 aliphatic heterocycles. The lowest BCUT2D eigenvalue weighted by molar-refractivity contribution is -0.130. The molecule has 1 saturated carbocycles. The van der Waals surface area contributed by atoms with Crippen molar-refractivity contribution in [3.8, 4) is 0 Å². The SMILES string of the molecule is CN(CCC1CCCCC1)C(=O)CCCN. The molecule has 0 radical (unpaired) electrons. The van der Waals surface area contributed by atoms with Crippen molar-refractivity contribution < 1.29 is 4.79 Å². The van der Waals surface area contributed by atoms with Crippen LogP contribution in [0.1, 0.15) is 51.4 Å². The fraction of sp³-hybridized carbons (Fsp3) is 0.923. The van der Waals surface area contributed by atoms with E-state index < -0.39 is 0 Å². The van der Waals surface area contributed by atoms with Gasteiger partial charge in [-0.1, -0.05) is 32.1 Å². The van der Waals surface area contributed by atoms with Crippen molar-refractivity contribution in [2.75, 3.05) is 20.1 Å². The van der Waals surface area contributed by atoms with E-state index in [2.05, 4.69) is 0 Å². The molecule has 0 atom stereocenters. The van der Waals surface area contributed by atoms with Gasteiger partial charge in [0.25, 0.3) is 0 Å². The van der Waals surface area contributed by atoms with E-state index in [0.717, 1.165) is 18.9 Å². The highest BCUT2D eigenvalue weighted by atomic mass is 16.2. The second kappa shape index (κ2) is 7.66. The predicted molar refractivity (Wildman–Crippen MR) is 67.1 cm³/mol. The van der Waals surface area contributed by atoms with Crippen LogP contribution in [0.5, 0.6) is 0 Å². The Balaban J connectivity index is 2.12. The molecule has 0 aromatic rings. The first-order valence-corrected chi connectivity index (χ1v) is 6.68. The van der Waals surface area contributed by atoms with Crippen LogP contribution in [0.3, 0.4) is 0 Å². The summed E-state index contributed by atoms with van der Waals surface area (Å²) >= 11 is 0. The Morgan fingerprint density at radius 3 is 2.62 bits per heavy atom. The molecule has 94 valence electrons. The van der Waals surface area contributed by atoms with Crippen LogP contribution in [0.15, 0.2) is 0 Å². The van der Waals surface area contributed by atoms with Crippen LogP contribution < -0.4 is 5.73 Å². The van der Waals surface area contributed by atoms with Crippen molar-refractivity contribution >= 4 is 5.91 Å². The van der Waals surface area contributed by atoms with Gasteiger partial charge < -0.3 is 10.6 Å². The number of hydrogen-bond acceptors (Lipinski definition) is 2. The average molecular weight is 226 g/mol. The normalized spacial score (nSPS) is 17.4. The van der Waals surface area contributed by atoms with E-state index in [-0.39, 0.29) is 5.91 Å². The van der Waals surface area contributed by atoms with Crippen LogP contribution in [0.25, 0.3) is 0 Å². The quantitative estimate of drug-likeness (QED) is 0.754. The van der Waals surface area contributed by atoms with Gasteiger partial charge in [-0.05, 0) is 25.3 Å². The Bertz CT molecular complexity index is 200. The van der Waals surface area contributed by atoms with Crippen LogP contribution in [0.4, 0.5) is 0 Å². The number of rotatable bonds is 6. The highest BCUT2D eigenvalue weighted by Gasteiger charge is 2.15. The van der Waals surface area contributed by atoms with Gasteiger partial charge in [0, 0.05) is 20.0 Å². The van der Waals surface area contributed by atoms with Crippen molar-refractivity contribution in [1.82, 2.24) is 4.90 Å². The number of carbonyl (C=O) groups excluding carboxylic acids is 1. The second-order valence-electron chi connectivity index (χ2n) is 5.00. The molecule has 0 spiro atoms. The number of carbonyl (C=O) groups is 1. The lowest BCUT2D eigenvalue weighted by Gasteiger charge is -2.24. The third kappa shape index (κ3) is 4.97. The van der Waals surface area contributed by atoms with Crippen LogP contribution >= 0.6 is 0 Å². The van der Waals surface area contributed by atoms with Crippen molar-refractivity contribution in [3.63, 3.8) is 0 Å². The first-order valence-electron chi connectivity index (χ1n) is 6.68. The molecule has 3 nitrogen and oxygen atoms in total. The minimum atomic E-state index is 0.251. The second-order valence-corrected chi connectivity index (χ2v) is 5.00. The number of hydrogen-bond donors (Lipinski definition) is 1. The molecule has 0 saturated heterocycles. The van der Waals surface area contributed by atoms with E-state index in [1.165, 1.54) is 38.5 Å². The molecule has 3 heteroatoms. The molecule has 1 rings (SSSR count). The average Bonchev–Trinajstić information content (AvgIpc) is 2.34. The Morgan fingerprint density at radius 1 is 1.31 bits per heavy atom. The number of nitrogens with zero attached hydrogens (tertiary/aromatic N) is 1. The van der Waals surface area contributed by atoms with E-state index in [1.807, 2.05) is 11.9 Å². The van der Waals surface area contributed by atoms with Gasteiger partial charge >= 0.3 is 0 Å². The molecule has 2 N–H and O–H groups in total. The van der Waals surface area contributed by atoms with Gasteiger partial charge in [-0.3, -0.25) is 4.79 Å². The highest BCUT2D eigenvalue weighted by molar-refractivity contribution is 5.75. The first kappa shape index (κ1) is 13.5. The largest absolute Gasteiger partial charge is 0.346 e. The summed E-state index contributed by atoms with van der Waals surface area (Å²) in [4.78, 5) is 13.5. The lowest BCUT2D eigenvalue weighted by Crippen LogP contribution is -2.29. The van der Waals surface area contributed by atoms with Crippen molar-refractivity contribution in [1.29, 1.82) is 0 Å². The standard InChI is InChI=1S/C13H26N2O/c1-15(13(16)8-5-10-14)11-9-12-6-3-2-4-7-12/h12H,2-11,14H2,1H3. The van der Waals surface area contributed by atoms with Crippen LogP contribution in [-0.4, -0.2) is 30.9 Å². The van der Waals surface area contributed by atoms with Crippen LogP contribution in [0.2, 0.25) is 0 Å². The number of amides is 1. The lowest BCUT2D eigenvalue weighted by atomic mass is 9.87. The molecule has 1 aliphatic rings. The van der Waals surface area contributed by atoms with E-state index >= 15 is 0 Å². The van der Waals surface area contributed by atoms with Gasteiger partial charge in [-0.15, -0.1) is 0 Å². The smallest absolute Gasteiger partial charge is 0.222 e. The minimum absolute atomic E-state index is 0.251. The van der Waals surface area contributed by atoms with Gasteiger partial charge in [0.2, 0.25) is 5.91 Å². The Labute approximate surface area is 99.4 Å². The molecule has 0 unspecified atom stereocenters. The maximum absolute atomic E-state index is 11.6. The van der Waals surface area contributed by atoms with Gasteiger partial charge in [0.1, 0.15) is 0 Å². The molecular formula is C13H26N2O. The van der Waals surface area contributed by atoms with Gasteiger partial charge in [-0.25, -0.2) is 0 Å². The molecule has 16 heavy (non-hydrogen) atoms. The summed E-state index contributed by atoms with van der Waals surface area (Å²) < 4.78 is 0. The highest BCUT2D eigenvalue weighted by Crippen LogP contribution is 2.26. The van der Waals surface area contributed by atoms with Crippen molar-refractivity contribution in [2.24, 2.45) is 11.7 Å². The van der Waals surface area contributed by atoms with Crippen LogP contribution in [-0.2, 0) is 4.79 Å². The predicted octanol–water partition coefficient (Wildman–Crippen LogP) is 2.15. The first-order chi connectivity index (χ1) is 7.74. The van der Waals surface area contributed by atoms with Crippen LogP contribution in [0, 0.1) is 5.92 Å². The topological polar surface area (TPSA) is 46.3 Å². The van der Waals surface area contributed by atoms with E-state index in [4.69, 9.17) is 5.73 Å². The number of nitrogens with two attached hydrogens (primary N) is 1. The monoisotopic (exact) mass is 226 g/mol.